The van der Waals surface area contributed by atoms with Crippen LogP contribution >= 0.6 is 24.0 Å². The number of rotatable bonds is 8. The summed E-state index contributed by atoms with van der Waals surface area (Å²) >= 11 is 0. The Morgan fingerprint density at radius 2 is 1.87 bits per heavy atom. The van der Waals surface area contributed by atoms with Gasteiger partial charge in [0.25, 0.3) is 0 Å². The summed E-state index contributed by atoms with van der Waals surface area (Å²) in [6.07, 6.45) is 8.66. The topological polar surface area (TPSA) is 48.9 Å². The van der Waals surface area contributed by atoms with E-state index in [9.17, 15) is 0 Å². The van der Waals surface area contributed by atoms with E-state index < -0.39 is 0 Å². The molecule has 1 saturated heterocycles. The summed E-state index contributed by atoms with van der Waals surface area (Å²) in [6.45, 7) is 6.11. The van der Waals surface area contributed by atoms with Crippen molar-refractivity contribution in [1.29, 1.82) is 0 Å². The number of guanidine groups is 1. The summed E-state index contributed by atoms with van der Waals surface area (Å²) in [4.78, 5) is 6.85. The molecule has 0 aromatic heterocycles. The van der Waals surface area contributed by atoms with E-state index in [1.54, 1.807) is 0 Å². The van der Waals surface area contributed by atoms with Gasteiger partial charge in [0.2, 0.25) is 0 Å². The molecule has 30 heavy (non-hydrogen) atoms. The maximum absolute atomic E-state index is 5.49. The van der Waals surface area contributed by atoms with E-state index in [-0.39, 0.29) is 29.5 Å². The van der Waals surface area contributed by atoms with Crippen molar-refractivity contribution >= 4 is 29.9 Å². The van der Waals surface area contributed by atoms with Crippen molar-refractivity contribution in [1.82, 2.24) is 15.5 Å². The zero-order valence-corrected chi connectivity index (χ0v) is 21.4. The molecule has 0 radical (unpaired) electrons. The number of nitrogens with one attached hydrogen (secondary N) is 2. The van der Waals surface area contributed by atoms with Gasteiger partial charge < -0.3 is 20.3 Å². The fourth-order valence-corrected chi connectivity index (χ4v) is 4.86. The molecule has 0 bridgehead atoms. The van der Waals surface area contributed by atoms with Gasteiger partial charge in [0, 0.05) is 52.0 Å². The summed E-state index contributed by atoms with van der Waals surface area (Å²) < 4.78 is 5.49. The molecule has 0 spiro atoms. The van der Waals surface area contributed by atoms with Gasteiger partial charge >= 0.3 is 0 Å². The van der Waals surface area contributed by atoms with E-state index in [4.69, 9.17) is 4.74 Å². The van der Waals surface area contributed by atoms with E-state index >= 15 is 0 Å². The van der Waals surface area contributed by atoms with Gasteiger partial charge in [-0.15, -0.1) is 24.0 Å². The van der Waals surface area contributed by atoms with Crippen LogP contribution in [0.3, 0.4) is 0 Å². The molecule has 3 rings (SSSR count). The van der Waals surface area contributed by atoms with Gasteiger partial charge in [-0.05, 0) is 50.5 Å². The number of hydrogen-bond acceptors (Lipinski definition) is 3. The minimum Gasteiger partial charge on any atom is -0.381 e. The van der Waals surface area contributed by atoms with Crippen LogP contribution in [0.25, 0.3) is 0 Å². The van der Waals surface area contributed by atoms with E-state index in [1.807, 2.05) is 7.05 Å². The van der Waals surface area contributed by atoms with Crippen molar-refractivity contribution in [3.8, 4) is 0 Å². The zero-order chi connectivity index (χ0) is 20.5. The number of halogens is 1. The molecule has 2 aliphatic rings. The van der Waals surface area contributed by atoms with Crippen LogP contribution in [0.2, 0.25) is 0 Å². The molecule has 2 fully saturated rings. The number of aliphatic imine (C=N–C) groups is 1. The molecular weight excluding hydrogens is 487 g/mol. The van der Waals surface area contributed by atoms with E-state index in [2.05, 4.69) is 64.8 Å². The first-order valence-corrected chi connectivity index (χ1v) is 11.4. The van der Waals surface area contributed by atoms with Crippen LogP contribution in [-0.2, 0) is 4.74 Å². The van der Waals surface area contributed by atoms with E-state index in [0.717, 1.165) is 38.2 Å². The second-order valence-corrected chi connectivity index (χ2v) is 8.93. The van der Waals surface area contributed by atoms with Gasteiger partial charge in [0.15, 0.2) is 5.96 Å². The molecule has 0 amide bonds. The number of benzene rings is 1. The lowest BCUT2D eigenvalue weighted by Crippen LogP contribution is -2.54. The highest BCUT2D eigenvalue weighted by atomic mass is 127. The predicted molar refractivity (Wildman–Crippen MR) is 137 cm³/mol. The second kappa shape index (κ2) is 12.9. The molecule has 1 heterocycles. The number of hydrogen-bond donors (Lipinski definition) is 2. The van der Waals surface area contributed by atoms with Crippen molar-refractivity contribution in [2.75, 3.05) is 40.4 Å². The average Bonchev–Trinajstić information content (AvgIpc) is 3.22. The summed E-state index contributed by atoms with van der Waals surface area (Å²) in [7, 11) is 4.06. The largest absolute Gasteiger partial charge is 0.381 e. The van der Waals surface area contributed by atoms with Gasteiger partial charge in [0.1, 0.15) is 0 Å². The van der Waals surface area contributed by atoms with Crippen LogP contribution in [0.1, 0.15) is 63.5 Å². The van der Waals surface area contributed by atoms with Crippen molar-refractivity contribution in [2.45, 2.75) is 63.5 Å². The first kappa shape index (κ1) is 25.4. The Labute approximate surface area is 200 Å². The number of ether oxygens (including phenoxy) is 1. The Hall–Kier alpha value is -0.860. The smallest absolute Gasteiger partial charge is 0.193 e. The fraction of sp³-hybridized carbons (Fsp3) is 0.708. The van der Waals surface area contributed by atoms with Crippen molar-refractivity contribution in [2.24, 2.45) is 10.9 Å². The third kappa shape index (κ3) is 7.38. The van der Waals surface area contributed by atoms with Crippen molar-refractivity contribution < 1.29 is 4.74 Å². The maximum atomic E-state index is 5.49. The fourth-order valence-electron chi connectivity index (χ4n) is 4.86. The average molecular weight is 529 g/mol. The van der Waals surface area contributed by atoms with Gasteiger partial charge in [-0.3, -0.25) is 4.99 Å². The Morgan fingerprint density at radius 3 is 2.50 bits per heavy atom. The molecule has 1 aliphatic carbocycles. The molecule has 1 saturated carbocycles. The highest BCUT2D eigenvalue weighted by molar-refractivity contribution is 14.0. The monoisotopic (exact) mass is 528 g/mol. The van der Waals surface area contributed by atoms with Crippen LogP contribution in [0.5, 0.6) is 0 Å². The van der Waals surface area contributed by atoms with Gasteiger partial charge in [-0.1, -0.05) is 43.2 Å². The quantitative estimate of drug-likeness (QED) is 0.295. The summed E-state index contributed by atoms with van der Waals surface area (Å²) in [5, 5.41) is 7.65. The Morgan fingerprint density at radius 1 is 1.20 bits per heavy atom. The lowest BCUT2D eigenvalue weighted by molar-refractivity contribution is 0.0625. The standard InChI is InChI=1S/C24H40N4O.HI/c1-20(22-9-5-4-6-10-22)27-24(14-7-8-15-24)19-26-23(25-2)28(3)16-11-21-12-17-29-18-13-21;/h4-6,9-10,20-21,27H,7-8,11-19H2,1-3H3,(H,25,26);1H. The first-order valence-electron chi connectivity index (χ1n) is 11.4. The van der Waals surface area contributed by atoms with E-state index in [1.165, 1.54) is 50.5 Å². The third-order valence-electron chi connectivity index (χ3n) is 6.75. The number of nitrogens with zero attached hydrogens (tertiary/aromatic N) is 2. The maximum Gasteiger partial charge on any atom is 0.193 e. The Kier molecular flexibility index (Phi) is 10.9. The minimum absolute atomic E-state index is 0. The van der Waals surface area contributed by atoms with Crippen molar-refractivity contribution in [3.63, 3.8) is 0 Å². The molecule has 1 aromatic carbocycles. The highest BCUT2D eigenvalue weighted by Crippen LogP contribution is 2.32. The molecule has 5 nitrogen and oxygen atoms in total. The molecule has 1 aromatic rings. The van der Waals surface area contributed by atoms with Gasteiger partial charge in [0.05, 0.1) is 0 Å². The predicted octanol–water partition coefficient (Wildman–Crippen LogP) is 4.59. The van der Waals surface area contributed by atoms with Crippen molar-refractivity contribution in [3.05, 3.63) is 35.9 Å². The molecule has 2 N–H and O–H groups in total. The summed E-state index contributed by atoms with van der Waals surface area (Å²) in [5.74, 6) is 1.80. The molecule has 170 valence electrons. The molecule has 6 heteroatoms. The van der Waals surface area contributed by atoms with E-state index in [0.29, 0.717) is 6.04 Å². The van der Waals surface area contributed by atoms with Crippen LogP contribution in [0.4, 0.5) is 0 Å². The van der Waals surface area contributed by atoms with Crippen LogP contribution in [-0.4, -0.2) is 56.8 Å². The van der Waals surface area contributed by atoms with Crippen LogP contribution in [0, 0.1) is 5.92 Å². The van der Waals surface area contributed by atoms with Crippen LogP contribution in [0.15, 0.2) is 35.3 Å². The molecule has 1 atom stereocenters. The Bertz CT molecular complexity index is 627. The zero-order valence-electron chi connectivity index (χ0n) is 19.0. The lowest BCUT2D eigenvalue weighted by atomic mass is 9.94. The summed E-state index contributed by atoms with van der Waals surface area (Å²) in [5.41, 5.74) is 1.50. The normalized spacial score (nSPS) is 20.4. The minimum atomic E-state index is 0. The summed E-state index contributed by atoms with van der Waals surface area (Å²) in [6, 6.07) is 11.1. The molecule has 1 aliphatic heterocycles. The second-order valence-electron chi connectivity index (χ2n) is 8.93. The van der Waals surface area contributed by atoms with Gasteiger partial charge in [-0.25, -0.2) is 0 Å². The highest BCUT2D eigenvalue weighted by Gasteiger charge is 2.35. The van der Waals surface area contributed by atoms with Gasteiger partial charge in [-0.2, -0.15) is 0 Å². The first-order chi connectivity index (χ1) is 14.1. The van der Waals surface area contributed by atoms with Crippen LogP contribution < -0.4 is 10.6 Å². The Balaban J connectivity index is 0.00000320. The lowest BCUT2D eigenvalue weighted by Gasteiger charge is -2.36. The molecular formula is C24H41IN4O. The SMILES string of the molecule is CN=C(NCC1(NC(C)c2ccccc2)CCCC1)N(C)CCC1CCOCC1.I. The third-order valence-corrected chi connectivity index (χ3v) is 6.75. The molecule has 1 unspecified atom stereocenters.